The summed E-state index contributed by atoms with van der Waals surface area (Å²) in [4.78, 5) is 29.2. The molecule has 4 rings (SSSR count). The quantitative estimate of drug-likeness (QED) is 0.856. The fourth-order valence-corrected chi connectivity index (χ4v) is 4.92. The molecule has 1 saturated heterocycles. The van der Waals surface area contributed by atoms with Crippen molar-refractivity contribution in [3.63, 3.8) is 0 Å². The van der Waals surface area contributed by atoms with Crippen LogP contribution in [0.1, 0.15) is 32.1 Å². The number of ether oxygens (including phenoxy) is 1. The van der Waals surface area contributed by atoms with Crippen LogP contribution in [0.4, 0.5) is 10.1 Å². The van der Waals surface area contributed by atoms with Crippen molar-refractivity contribution in [2.24, 2.45) is 5.92 Å². The van der Waals surface area contributed by atoms with Crippen molar-refractivity contribution in [3.8, 4) is 0 Å². The van der Waals surface area contributed by atoms with Crippen molar-refractivity contribution in [3.05, 3.63) is 51.0 Å². The standard InChI is InChI=1S/C21H23FN2O3S/c1-13-10-16(3-4-17(13)22)23-20(25)14-2-5-18-15(11-14)12-19(28-18)21(26)24-6-8-27-9-7-24/h3-4,10,12,14H,2,5-9,11H2,1H3,(H,23,25)/t14-/m0/s1. The monoisotopic (exact) mass is 402 g/mol. The van der Waals surface area contributed by atoms with Crippen LogP contribution >= 0.6 is 11.3 Å². The summed E-state index contributed by atoms with van der Waals surface area (Å²) in [7, 11) is 0. The van der Waals surface area contributed by atoms with Gasteiger partial charge in [0.05, 0.1) is 18.1 Å². The number of aryl methyl sites for hydroxylation is 2. The van der Waals surface area contributed by atoms with Gasteiger partial charge in [-0.1, -0.05) is 0 Å². The molecule has 1 aromatic carbocycles. The Hall–Kier alpha value is -2.25. The normalized spacial score (nSPS) is 19.2. The first-order valence-corrected chi connectivity index (χ1v) is 10.4. The fraction of sp³-hybridized carbons (Fsp3) is 0.429. The number of halogens is 1. The summed E-state index contributed by atoms with van der Waals surface area (Å²) in [5.74, 6) is -0.413. The second kappa shape index (κ2) is 8.01. The molecule has 2 aliphatic rings. The maximum absolute atomic E-state index is 13.4. The van der Waals surface area contributed by atoms with E-state index in [0.29, 0.717) is 44.0 Å². The number of anilines is 1. The SMILES string of the molecule is Cc1cc(NC(=O)[C@H]2CCc3sc(C(=O)N4CCOCC4)cc3C2)ccc1F. The average molecular weight is 402 g/mol. The summed E-state index contributed by atoms with van der Waals surface area (Å²) >= 11 is 1.55. The zero-order chi connectivity index (χ0) is 19.7. The average Bonchev–Trinajstić information content (AvgIpc) is 3.14. The van der Waals surface area contributed by atoms with Crippen molar-refractivity contribution in [1.29, 1.82) is 0 Å². The number of carbonyl (C=O) groups is 2. The van der Waals surface area contributed by atoms with E-state index < -0.39 is 0 Å². The highest BCUT2D eigenvalue weighted by Crippen LogP contribution is 2.33. The molecule has 2 amide bonds. The molecule has 1 N–H and O–H groups in total. The Morgan fingerprint density at radius 3 is 2.79 bits per heavy atom. The lowest BCUT2D eigenvalue weighted by molar-refractivity contribution is -0.120. The van der Waals surface area contributed by atoms with E-state index in [1.807, 2.05) is 11.0 Å². The Bertz CT molecular complexity index is 905. The maximum atomic E-state index is 13.4. The molecule has 148 valence electrons. The van der Waals surface area contributed by atoms with Gasteiger partial charge in [-0.25, -0.2) is 4.39 Å². The number of hydrogen-bond donors (Lipinski definition) is 1. The third kappa shape index (κ3) is 3.95. The molecule has 0 spiro atoms. The largest absolute Gasteiger partial charge is 0.378 e. The molecule has 1 atom stereocenters. The van der Waals surface area contributed by atoms with E-state index in [2.05, 4.69) is 5.32 Å². The summed E-state index contributed by atoms with van der Waals surface area (Å²) in [5, 5.41) is 2.90. The van der Waals surface area contributed by atoms with Crippen LogP contribution in [0.25, 0.3) is 0 Å². The molecule has 0 unspecified atom stereocenters. The summed E-state index contributed by atoms with van der Waals surface area (Å²) < 4.78 is 18.7. The molecule has 5 nitrogen and oxygen atoms in total. The number of carbonyl (C=O) groups excluding carboxylic acids is 2. The first kappa shape index (κ1) is 19.1. The van der Waals surface area contributed by atoms with Crippen LogP contribution in [0, 0.1) is 18.7 Å². The van der Waals surface area contributed by atoms with Gasteiger partial charge in [-0.2, -0.15) is 0 Å². The van der Waals surface area contributed by atoms with Gasteiger partial charge in [0.2, 0.25) is 5.91 Å². The van der Waals surface area contributed by atoms with Gasteiger partial charge < -0.3 is 15.0 Å². The van der Waals surface area contributed by atoms with Gasteiger partial charge in [0.15, 0.2) is 0 Å². The van der Waals surface area contributed by atoms with E-state index in [1.54, 1.807) is 30.4 Å². The predicted molar refractivity (Wildman–Crippen MR) is 106 cm³/mol. The number of amides is 2. The summed E-state index contributed by atoms with van der Waals surface area (Å²) in [6.45, 7) is 4.10. The minimum absolute atomic E-state index is 0.0519. The van der Waals surface area contributed by atoms with Gasteiger partial charge in [0.1, 0.15) is 5.82 Å². The predicted octanol–water partition coefficient (Wildman–Crippen LogP) is 3.41. The minimum Gasteiger partial charge on any atom is -0.378 e. The van der Waals surface area contributed by atoms with E-state index in [9.17, 15) is 14.0 Å². The number of hydrogen-bond acceptors (Lipinski definition) is 4. The van der Waals surface area contributed by atoms with Gasteiger partial charge in [-0.05, 0) is 61.6 Å². The number of rotatable bonds is 3. The number of nitrogens with zero attached hydrogens (tertiary/aromatic N) is 1. The number of thiophene rings is 1. The van der Waals surface area contributed by atoms with Gasteiger partial charge >= 0.3 is 0 Å². The first-order chi connectivity index (χ1) is 13.5. The van der Waals surface area contributed by atoms with Crippen LogP contribution in [0.3, 0.4) is 0 Å². The van der Waals surface area contributed by atoms with Gasteiger partial charge in [0, 0.05) is 29.6 Å². The highest BCUT2D eigenvalue weighted by atomic mass is 32.1. The second-order valence-electron chi connectivity index (χ2n) is 7.36. The van der Waals surface area contributed by atoms with E-state index in [0.717, 1.165) is 23.3 Å². The molecule has 2 heterocycles. The zero-order valence-corrected chi connectivity index (χ0v) is 16.6. The van der Waals surface area contributed by atoms with Gasteiger partial charge in [0.25, 0.3) is 5.91 Å². The first-order valence-electron chi connectivity index (χ1n) is 9.57. The van der Waals surface area contributed by atoms with E-state index in [1.165, 1.54) is 10.9 Å². The van der Waals surface area contributed by atoms with Crippen LogP contribution in [-0.2, 0) is 22.4 Å². The van der Waals surface area contributed by atoms with Gasteiger partial charge in [-0.15, -0.1) is 11.3 Å². The highest BCUT2D eigenvalue weighted by molar-refractivity contribution is 7.14. The van der Waals surface area contributed by atoms with Crippen LogP contribution in [-0.4, -0.2) is 43.0 Å². The molecule has 1 aliphatic carbocycles. The Morgan fingerprint density at radius 1 is 1.25 bits per heavy atom. The van der Waals surface area contributed by atoms with Crippen LogP contribution in [0.5, 0.6) is 0 Å². The van der Waals surface area contributed by atoms with Crippen molar-refractivity contribution >= 4 is 28.8 Å². The number of nitrogens with one attached hydrogen (secondary N) is 1. The summed E-state index contributed by atoms with van der Waals surface area (Å²) in [6, 6.07) is 6.55. The van der Waals surface area contributed by atoms with Crippen LogP contribution in [0.15, 0.2) is 24.3 Å². The summed E-state index contributed by atoms with van der Waals surface area (Å²) in [6.07, 6.45) is 2.19. The lowest BCUT2D eigenvalue weighted by atomic mass is 9.87. The smallest absolute Gasteiger partial charge is 0.264 e. The van der Waals surface area contributed by atoms with E-state index in [4.69, 9.17) is 4.74 Å². The Morgan fingerprint density at radius 2 is 2.04 bits per heavy atom. The van der Waals surface area contributed by atoms with Crippen molar-refractivity contribution in [2.45, 2.75) is 26.2 Å². The Labute approximate surface area is 167 Å². The molecule has 0 saturated carbocycles. The molecule has 0 radical (unpaired) electrons. The summed E-state index contributed by atoms with van der Waals surface area (Å²) in [5.41, 5.74) is 2.22. The maximum Gasteiger partial charge on any atom is 0.264 e. The molecule has 0 bridgehead atoms. The molecular formula is C21H23FN2O3S. The third-order valence-electron chi connectivity index (χ3n) is 5.39. The van der Waals surface area contributed by atoms with Crippen molar-refractivity contribution in [2.75, 3.05) is 31.6 Å². The zero-order valence-electron chi connectivity index (χ0n) is 15.8. The molecule has 1 fully saturated rings. The van der Waals surface area contributed by atoms with Gasteiger partial charge in [-0.3, -0.25) is 9.59 Å². The Balaban J connectivity index is 1.42. The minimum atomic E-state index is -0.281. The van der Waals surface area contributed by atoms with E-state index >= 15 is 0 Å². The van der Waals surface area contributed by atoms with Crippen molar-refractivity contribution < 1.29 is 18.7 Å². The second-order valence-corrected chi connectivity index (χ2v) is 8.49. The lowest BCUT2D eigenvalue weighted by Gasteiger charge is -2.26. The molecule has 7 heteroatoms. The topological polar surface area (TPSA) is 58.6 Å². The molecule has 1 aromatic heterocycles. The van der Waals surface area contributed by atoms with E-state index in [-0.39, 0.29) is 23.5 Å². The molecular weight excluding hydrogens is 379 g/mol. The number of morpholine rings is 1. The Kier molecular flexibility index (Phi) is 5.46. The van der Waals surface area contributed by atoms with Crippen LogP contribution in [0.2, 0.25) is 0 Å². The molecule has 1 aliphatic heterocycles. The molecule has 2 aromatic rings. The van der Waals surface area contributed by atoms with Crippen molar-refractivity contribution in [1.82, 2.24) is 4.90 Å². The fourth-order valence-electron chi connectivity index (χ4n) is 3.74. The lowest BCUT2D eigenvalue weighted by Crippen LogP contribution is -2.40. The third-order valence-corrected chi connectivity index (χ3v) is 6.61. The number of fused-ring (bicyclic) bond motifs is 1. The number of benzene rings is 1. The highest BCUT2D eigenvalue weighted by Gasteiger charge is 2.29. The van der Waals surface area contributed by atoms with Crippen LogP contribution < -0.4 is 5.32 Å². The molecule has 28 heavy (non-hydrogen) atoms.